The predicted octanol–water partition coefficient (Wildman–Crippen LogP) is 3.98. The van der Waals surface area contributed by atoms with Crippen molar-refractivity contribution in [1.82, 2.24) is 0 Å². The van der Waals surface area contributed by atoms with Gasteiger partial charge in [0.25, 0.3) is 0 Å². The Morgan fingerprint density at radius 2 is 2.00 bits per heavy atom. The van der Waals surface area contributed by atoms with E-state index in [1.54, 1.807) is 13.1 Å². The van der Waals surface area contributed by atoms with E-state index in [1.807, 2.05) is 6.26 Å². The summed E-state index contributed by atoms with van der Waals surface area (Å²) in [6, 6.07) is 0. The highest BCUT2D eigenvalue weighted by molar-refractivity contribution is 8.13. The van der Waals surface area contributed by atoms with E-state index in [0.717, 1.165) is 10.6 Å². The second-order valence-corrected chi connectivity index (χ2v) is 4.26. The molecule has 5 heteroatoms. The molecule has 0 aromatic carbocycles. The number of hydrogen-bond acceptors (Lipinski definition) is 2. The SMILES string of the molecule is CN=C(SC)C1=CC=C(C(F)(F)F)CCC1. The zero-order chi connectivity index (χ0) is 12.2. The number of alkyl halides is 3. The first-order valence-corrected chi connectivity index (χ1v) is 6.19. The van der Waals surface area contributed by atoms with Gasteiger partial charge in [0.05, 0.1) is 5.04 Å². The maximum absolute atomic E-state index is 12.5. The molecule has 16 heavy (non-hydrogen) atoms. The molecule has 0 fully saturated rings. The summed E-state index contributed by atoms with van der Waals surface area (Å²) in [5, 5.41) is 0.819. The van der Waals surface area contributed by atoms with Crippen LogP contribution in [-0.2, 0) is 0 Å². The lowest BCUT2D eigenvalue weighted by Gasteiger charge is -2.08. The van der Waals surface area contributed by atoms with Crippen molar-refractivity contribution >= 4 is 16.8 Å². The van der Waals surface area contributed by atoms with Crippen molar-refractivity contribution in [3.8, 4) is 0 Å². The fourth-order valence-electron chi connectivity index (χ4n) is 1.62. The van der Waals surface area contributed by atoms with Crippen molar-refractivity contribution in [1.29, 1.82) is 0 Å². The van der Waals surface area contributed by atoms with Crippen molar-refractivity contribution in [3.05, 3.63) is 23.3 Å². The third-order valence-corrected chi connectivity index (χ3v) is 3.24. The van der Waals surface area contributed by atoms with Crippen molar-refractivity contribution < 1.29 is 13.2 Å². The molecule has 0 bridgehead atoms. The molecule has 0 saturated heterocycles. The fourth-order valence-corrected chi connectivity index (χ4v) is 2.23. The van der Waals surface area contributed by atoms with Crippen LogP contribution in [0.2, 0.25) is 0 Å². The Morgan fingerprint density at radius 1 is 1.31 bits per heavy atom. The Labute approximate surface area is 97.5 Å². The first kappa shape index (κ1) is 13.4. The van der Waals surface area contributed by atoms with Gasteiger partial charge in [-0.2, -0.15) is 13.2 Å². The molecule has 0 aromatic rings. The van der Waals surface area contributed by atoms with Gasteiger partial charge in [0, 0.05) is 12.6 Å². The average Bonchev–Trinajstić information content (AvgIpc) is 2.45. The Kier molecular flexibility index (Phi) is 4.65. The number of hydrogen-bond donors (Lipinski definition) is 0. The molecule has 0 radical (unpaired) electrons. The summed E-state index contributed by atoms with van der Waals surface area (Å²) in [6.45, 7) is 0. The third-order valence-electron chi connectivity index (χ3n) is 2.41. The Morgan fingerprint density at radius 3 is 2.50 bits per heavy atom. The first-order valence-electron chi connectivity index (χ1n) is 4.97. The van der Waals surface area contributed by atoms with Crippen LogP contribution < -0.4 is 0 Å². The van der Waals surface area contributed by atoms with Gasteiger partial charge in [0.15, 0.2) is 0 Å². The van der Waals surface area contributed by atoms with E-state index < -0.39 is 11.7 Å². The minimum absolute atomic E-state index is 0.0921. The maximum atomic E-state index is 12.5. The lowest BCUT2D eigenvalue weighted by molar-refractivity contribution is -0.0940. The van der Waals surface area contributed by atoms with Gasteiger partial charge in [-0.15, -0.1) is 11.8 Å². The van der Waals surface area contributed by atoms with Crippen LogP contribution in [0.4, 0.5) is 13.2 Å². The van der Waals surface area contributed by atoms with E-state index in [4.69, 9.17) is 0 Å². The summed E-state index contributed by atoms with van der Waals surface area (Å²) in [7, 11) is 1.66. The van der Waals surface area contributed by atoms with Crippen molar-refractivity contribution in [2.75, 3.05) is 13.3 Å². The van der Waals surface area contributed by atoms with E-state index in [9.17, 15) is 13.2 Å². The molecule has 0 heterocycles. The van der Waals surface area contributed by atoms with E-state index >= 15 is 0 Å². The fraction of sp³-hybridized carbons (Fsp3) is 0.545. The van der Waals surface area contributed by atoms with Crippen molar-refractivity contribution in [2.24, 2.45) is 4.99 Å². The van der Waals surface area contributed by atoms with Gasteiger partial charge in [0.1, 0.15) is 0 Å². The van der Waals surface area contributed by atoms with Gasteiger partial charge < -0.3 is 0 Å². The van der Waals surface area contributed by atoms with Crippen LogP contribution in [0, 0.1) is 0 Å². The molecule has 1 aliphatic rings. The lowest BCUT2D eigenvalue weighted by atomic mass is 10.1. The molecule has 0 atom stereocenters. The van der Waals surface area contributed by atoms with Gasteiger partial charge >= 0.3 is 6.18 Å². The van der Waals surface area contributed by atoms with Gasteiger partial charge in [-0.3, -0.25) is 4.99 Å². The molecule has 1 nitrogen and oxygen atoms in total. The Balaban J connectivity index is 2.92. The van der Waals surface area contributed by atoms with Crippen LogP contribution in [0.5, 0.6) is 0 Å². The predicted molar refractivity (Wildman–Crippen MR) is 62.9 cm³/mol. The largest absolute Gasteiger partial charge is 0.412 e. The van der Waals surface area contributed by atoms with E-state index in [-0.39, 0.29) is 6.42 Å². The normalized spacial score (nSPS) is 18.9. The minimum Gasteiger partial charge on any atom is -0.281 e. The number of thioether (sulfide) groups is 1. The van der Waals surface area contributed by atoms with E-state index in [0.29, 0.717) is 12.8 Å². The topological polar surface area (TPSA) is 12.4 Å². The minimum atomic E-state index is -4.20. The molecular weight excluding hydrogens is 235 g/mol. The summed E-state index contributed by atoms with van der Waals surface area (Å²) in [6.07, 6.45) is 1.69. The molecule has 0 aliphatic heterocycles. The second kappa shape index (κ2) is 5.57. The summed E-state index contributed by atoms with van der Waals surface area (Å²) >= 11 is 1.47. The highest BCUT2D eigenvalue weighted by Gasteiger charge is 2.33. The zero-order valence-electron chi connectivity index (χ0n) is 9.27. The van der Waals surface area contributed by atoms with Crippen LogP contribution in [0.15, 0.2) is 28.3 Å². The highest BCUT2D eigenvalue weighted by Crippen LogP contribution is 2.32. The molecule has 0 unspecified atom stereocenters. The standard InChI is InChI=1S/C11H14F3NS/c1-15-10(16-2)8-4-3-5-9(7-6-8)11(12,13)14/h6-7H,3-5H2,1-2H3. The van der Waals surface area contributed by atoms with Crippen LogP contribution in [-0.4, -0.2) is 24.5 Å². The molecule has 0 amide bonds. The molecule has 1 aliphatic carbocycles. The molecule has 0 aromatic heterocycles. The van der Waals surface area contributed by atoms with E-state index in [1.165, 1.54) is 17.8 Å². The quantitative estimate of drug-likeness (QED) is 0.506. The zero-order valence-corrected chi connectivity index (χ0v) is 10.1. The molecule has 0 saturated carbocycles. The summed E-state index contributed by atoms with van der Waals surface area (Å²) in [4.78, 5) is 4.06. The molecule has 1 rings (SSSR count). The van der Waals surface area contributed by atoms with Crippen LogP contribution in [0.1, 0.15) is 19.3 Å². The highest BCUT2D eigenvalue weighted by atomic mass is 32.2. The maximum Gasteiger partial charge on any atom is 0.412 e. The van der Waals surface area contributed by atoms with Crippen LogP contribution in [0.25, 0.3) is 0 Å². The number of allylic oxidation sites excluding steroid dienone is 3. The monoisotopic (exact) mass is 249 g/mol. The molecule has 0 spiro atoms. The Hall–Kier alpha value is -0.710. The summed E-state index contributed by atoms with van der Waals surface area (Å²) in [5.74, 6) is 0. The summed E-state index contributed by atoms with van der Waals surface area (Å²) < 4.78 is 37.4. The molecule has 90 valence electrons. The first-order chi connectivity index (χ1) is 7.49. The van der Waals surface area contributed by atoms with Crippen LogP contribution in [0.3, 0.4) is 0 Å². The average molecular weight is 249 g/mol. The second-order valence-electron chi connectivity index (χ2n) is 3.47. The van der Waals surface area contributed by atoms with Crippen molar-refractivity contribution in [3.63, 3.8) is 0 Å². The lowest BCUT2D eigenvalue weighted by Crippen LogP contribution is -2.11. The Bertz CT molecular complexity index is 340. The number of aliphatic imine (C=N–C) groups is 1. The van der Waals surface area contributed by atoms with Crippen molar-refractivity contribution in [2.45, 2.75) is 25.4 Å². The van der Waals surface area contributed by atoms with Gasteiger partial charge in [0.2, 0.25) is 0 Å². The summed E-state index contributed by atoms with van der Waals surface area (Å²) in [5.41, 5.74) is 0.452. The number of halogens is 3. The van der Waals surface area contributed by atoms with Crippen LogP contribution >= 0.6 is 11.8 Å². The number of nitrogens with zero attached hydrogens (tertiary/aromatic N) is 1. The van der Waals surface area contributed by atoms with Gasteiger partial charge in [-0.25, -0.2) is 0 Å². The van der Waals surface area contributed by atoms with Gasteiger partial charge in [-0.05, 0) is 31.1 Å². The van der Waals surface area contributed by atoms with E-state index in [2.05, 4.69) is 4.99 Å². The third kappa shape index (κ3) is 3.40. The van der Waals surface area contributed by atoms with Gasteiger partial charge in [-0.1, -0.05) is 12.2 Å². The number of rotatable bonds is 1. The molecular formula is C11H14F3NS. The molecule has 0 N–H and O–H groups in total. The smallest absolute Gasteiger partial charge is 0.281 e.